The highest BCUT2D eigenvalue weighted by atomic mass is 79.9. The van der Waals surface area contributed by atoms with Crippen molar-refractivity contribution in [2.24, 2.45) is 11.5 Å². The molecule has 4 nitrogen and oxygen atoms in total. The normalized spacial score (nSPS) is 27.6. The lowest BCUT2D eigenvalue weighted by Gasteiger charge is -2.08. The Hall–Kier alpha value is -1.21. The zero-order chi connectivity index (χ0) is 16.0. The Labute approximate surface area is 138 Å². The number of nitrogens with two attached hydrogens (primary N) is 2. The van der Waals surface area contributed by atoms with E-state index in [0.29, 0.717) is 4.90 Å². The molecule has 1 fully saturated rings. The lowest BCUT2D eigenvalue weighted by Crippen LogP contribution is -2.39. The number of hydrogen-bond acceptors (Lipinski definition) is 4. The Morgan fingerprint density at radius 2 is 1.64 bits per heavy atom. The summed E-state index contributed by atoms with van der Waals surface area (Å²) in [5.41, 5.74) is 12.1. The summed E-state index contributed by atoms with van der Waals surface area (Å²) in [6.07, 6.45) is 0. The number of halogens is 1. The van der Waals surface area contributed by atoms with Crippen LogP contribution in [0.4, 0.5) is 0 Å². The van der Waals surface area contributed by atoms with Gasteiger partial charge in [0.25, 0.3) is 0 Å². The van der Waals surface area contributed by atoms with Crippen molar-refractivity contribution in [3.63, 3.8) is 0 Å². The van der Waals surface area contributed by atoms with Crippen molar-refractivity contribution in [2.45, 2.75) is 21.6 Å². The number of benzene rings is 2. The molecule has 1 saturated carbocycles. The fourth-order valence-corrected chi connectivity index (χ4v) is 5.65. The van der Waals surface area contributed by atoms with Crippen LogP contribution in [0.3, 0.4) is 0 Å². The van der Waals surface area contributed by atoms with Crippen molar-refractivity contribution >= 4 is 25.8 Å². The van der Waals surface area contributed by atoms with Gasteiger partial charge in [0.1, 0.15) is 0 Å². The summed E-state index contributed by atoms with van der Waals surface area (Å²) in [5.74, 6) is -0.282. The van der Waals surface area contributed by atoms with E-state index < -0.39 is 20.6 Å². The van der Waals surface area contributed by atoms with Crippen LogP contribution >= 0.6 is 15.9 Å². The fourth-order valence-electron chi connectivity index (χ4n) is 3.05. The number of hydrogen-bond donors (Lipinski definition) is 2. The fraction of sp³-hybridized carbons (Fsp3) is 0.250. The van der Waals surface area contributed by atoms with Crippen LogP contribution in [0.2, 0.25) is 0 Å². The van der Waals surface area contributed by atoms with Gasteiger partial charge in [-0.3, -0.25) is 0 Å². The van der Waals surface area contributed by atoms with Gasteiger partial charge in [-0.2, -0.15) is 0 Å². The van der Waals surface area contributed by atoms with Crippen LogP contribution in [0.5, 0.6) is 0 Å². The van der Waals surface area contributed by atoms with Gasteiger partial charge in [-0.1, -0.05) is 46.3 Å². The second-order valence-corrected chi connectivity index (χ2v) is 8.61. The molecule has 0 bridgehead atoms. The molecule has 6 heteroatoms. The highest BCUT2D eigenvalue weighted by molar-refractivity contribution is 9.10. The van der Waals surface area contributed by atoms with Gasteiger partial charge in [0, 0.05) is 16.9 Å². The van der Waals surface area contributed by atoms with E-state index in [-0.39, 0.29) is 12.5 Å². The minimum Gasteiger partial charge on any atom is -0.329 e. The first-order chi connectivity index (χ1) is 10.4. The highest BCUT2D eigenvalue weighted by Gasteiger charge is 2.68. The molecule has 0 amide bonds. The predicted molar refractivity (Wildman–Crippen MR) is 90.3 cm³/mol. The second kappa shape index (κ2) is 5.45. The van der Waals surface area contributed by atoms with Crippen molar-refractivity contribution in [2.75, 3.05) is 6.54 Å². The van der Waals surface area contributed by atoms with Gasteiger partial charge in [-0.25, -0.2) is 8.42 Å². The molecule has 0 saturated heterocycles. The van der Waals surface area contributed by atoms with E-state index in [1.165, 1.54) is 0 Å². The molecular formula is C16H17BrN2O2S. The van der Waals surface area contributed by atoms with E-state index in [2.05, 4.69) is 15.9 Å². The summed E-state index contributed by atoms with van der Waals surface area (Å²) in [7, 11) is -3.51. The topological polar surface area (TPSA) is 86.2 Å². The van der Waals surface area contributed by atoms with Gasteiger partial charge in [0.2, 0.25) is 0 Å². The lowest BCUT2D eigenvalue weighted by molar-refractivity contribution is 0.586. The first-order valence-corrected chi connectivity index (χ1v) is 9.28. The highest BCUT2D eigenvalue weighted by Crippen LogP contribution is 2.55. The molecule has 1 aliphatic rings. The van der Waals surface area contributed by atoms with Crippen molar-refractivity contribution in [1.82, 2.24) is 0 Å². The van der Waals surface area contributed by atoms with Crippen molar-refractivity contribution in [1.29, 1.82) is 0 Å². The van der Waals surface area contributed by atoms with Gasteiger partial charge in [-0.15, -0.1) is 0 Å². The van der Waals surface area contributed by atoms with Gasteiger partial charge in [0.05, 0.1) is 15.7 Å². The zero-order valence-electron chi connectivity index (χ0n) is 11.8. The van der Waals surface area contributed by atoms with Crippen molar-refractivity contribution < 1.29 is 8.42 Å². The molecule has 1 aliphatic carbocycles. The molecule has 2 aromatic rings. The van der Waals surface area contributed by atoms with E-state index >= 15 is 0 Å². The van der Waals surface area contributed by atoms with Gasteiger partial charge in [0.15, 0.2) is 9.84 Å². The third-order valence-corrected chi connectivity index (χ3v) is 7.13. The average Bonchev–Trinajstić information content (AvgIpc) is 3.17. The van der Waals surface area contributed by atoms with Crippen molar-refractivity contribution in [3.8, 4) is 0 Å². The van der Waals surface area contributed by atoms with E-state index in [1.807, 2.05) is 24.3 Å². The molecule has 0 aliphatic heterocycles. The van der Waals surface area contributed by atoms with Crippen LogP contribution in [-0.4, -0.2) is 25.8 Å². The first-order valence-electron chi connectivity index (χ1n) is 6.94. The summed E-state index contributed by atoms with van der Waals surface area (Å²) >= 11 is 3.38. The Morgan fingerprint density at radius 3 is 2.18 bits per heavy atom. The molecule has 0 spiro atoms. The zero-order valence-corrected chi connectivity index (χ0v) is 14.2. The minimum atomic E-state index is -3.51. The summed E-state index contributed by atoms with van der Waals surface area (Å²) in [6.45, 7) is 0.129. The molecule has 0 heterocycles. The van der Waals surface area contributed by atoms with Crippen LogP contribution in [0.1, 0.15) is 11.5 Å². The van der Waals surface area contributed by atoms with E-state index in [1.54, 1.807) is 30.3 Å². The Kier molecular flexibility index (Phi) is 3.89. The van der Waals surface area contributed by atoms with Crippen molar-refractivity contribution in [3.05, 3.63) is 64.6 Å². The summed E-state index contributed by atoms with van der Waals surface area (Å²) in [6, 6.07) is 16.0. The third kappa shape index (κ3) is 2.40. The standard InChI is InChI=1S/C16H17BrN2O2S/c17-12-8-6-11(7-9-12)14-15(16(14,19)10-18)22(20,21)13-4-2-1-3-5-13/h1-9,14-15H,10,18-19H2/t14-,15-,16-/m0/s1. The van der Waals surface area contributed by atoms with Gasteiger partial charge in [-0.05, 0) is 29.8 Å². The molecule has 3 rings (SSSR count). The minimum absolute atomic E-state index is 0.129. The molecule has 22 heavy (non-hydrogen) atoms. The van der Waals surface area contributed by atoms with E-state index in [0.717, 1.165) is 10.0 Å². The second-order valence-electron chi connectivity index (χ2n) is 5.62. The lowest BCUT2D eigenvalue weighted by atomic mass is 10.1. The van der Waals surface area contributed by atoms with Crippen LogP contribution in [0, 0.1) is 0 Å². The molecule has 3 atom stereocenters. The Bertz CT molecular complexity index is 778. The molecule has 4 N–H and O–H groups in total. The average molecular weight is 381 g/mol. The quantitative estimate of drug-likeness (QED) is 0.849. The SMILES string of the molecule is NC[C@]1(N)[C@@H](c2ccc(Br)cc2)[C@@H]1S(=O)(=O)c1ccccc1. The Balaban J connectivity index is 2.02. The van der Waals surface area contributed by atoms with Crippen LogP contribution < -0.4 is 11.5 Å². The maximum Gasteiger partial charge on any atom is 0.183 e. The third-order valence-electron chi connectivity index (χ3n) is 4.29. The molecule has 2 aromatic carbocycles. The number of sulfone groups is 1. The molecule has 0 unspecified atom stereocenters. The van der Waals surface area contributed by atoms with E-state index in [4.69, 9.17) is 11.5 Å². The first kappa shape index (κ1) is 15.7. The summed E-state index contributed by atoms with van der Waals surface area (Å²) < 4.78 is 26.7. The predicted octanol–water partition coefficient (Wildman–Crippen LogP) is 2.05. The molecule has 116 valence electrons. The summed E-state index contributed by atoms with van der Waals surface area (Å²) in [4.78, 5) is 0.294. The molecule has 0 aromatic heterocycles. The Morgan fingerprint density at radius 1 is 1.05 bits per heavy atom. The molecule has 0 radical (unpaired) electrons. The van der Waals surface area contributed by atoms with Gasteiger partial charge >= 0.3 is 0 Å². The largest absolute Gasteiger partial charge is 0.329 e. The van der Waals surface area contributed by atoms with Gasteiger partial charge < -0.3 is 11.5 Å². The summed E-state index contributed by atoms with van der Waals surface area (Å²) in [5, 5.41) is -0.687. The smallest absolute Gasteiger partial charge is 0.183 e. The monoisotopic (exact) mass is 380 g/mol. The maximum absolute atomic E-state index is 12.9. The molecular weight excluding hydrogens is 364 g/mol. The number of rotatable bonds is 4. The van der Waals surface area contributed by atoms with E-state index in [9.17, 15) is 8.42 Å². The maximum atomic E-state index is 12.9. The van der Waals surface area contributed by atoms with Crippen LogP contribution in [0.15, 0.2) is 64.0 Å². The van der Waals surface area contributed by atoms with Crippen LogP contribution in [-0.2, 0) is 9.84 Å². The van der Waals surface area contributed by atoms with Crippen LogP contribution in [0.25, 0.3) is 0 Å².